The van der Waals surface area contributed by atoms with Gasteiger partial charge in [0, 0.05) is 13.6 Å². The van der Waals surface area contributed by atoms with E-state index in [4.69, 9.17) is 9.47 Å². The van der Waals surface area contributed by atoms with Crippen LogP contribution in [-0.2, 0) is 17.8 Å². The van der Waals surface area contributed by atoms with Crippen molar-refractivity contribution < 1.29 is 18.7 Å². The van der Waals surface area contributed by atoms with E-state index >= 15 is 0 Å². The summed E-state index contributed by atoms with van der Waals surface area (Å²) in [5.41, 5.74) is 1.73. The summed E-state index contributed by atoms with van der Waals surface area (Å²) in [7, 11) is 1.75. The summed E-state index contributed by atoms with van der Waals surface area (Å²) >= 11 is 3.14. The van der Waals surface area contributed by atoms with Gasteiger partial charge in [-0.3, -0.25) is 4.79 Å². The highest BCUT2D eigenvalue weighted by Gasteiger charge is 2.15. The van der Waals surface area contributed by atoms with Gasteiger partial charge in [0.15, 0.2) is 11.5 Å². The number of halogens is 2. The summed E-state index contributed by atoms with van der Waals surface area (Å²) in [4.78, 5) is 14.0. The number of hydrogen-bond acceptors (Lipinski definition) is 3. The SMILES string of the molecule is CN(Cc1ccc2c(c1)OCCO2)C(=O)Cc1ccc(F)c(Br)c1. The third kappa shape index (κ3) is 3.87. The van der Waals surface area contributed by atoms with E-state index in [1.807, 2.05) is 18.2 Å². The molecule has 3 rings (SSSR count). The fraction of sp³-hybridized carbons (Fsp3) is 0.278. The first kappa shape index (κ1) is 16.8. The monoisotopic (exact) mass is 393 g/mol. The predicted octanol–water partition coefficient (Wildman–Crippen LogP) is 3.56. The maximum atomic E-state index is 13.3. The third-order valence-electron chi connectivity index (χ3n) is 3.79. The molecule has 2 aromatic carbocycles. The highest BCUT2D eigenvalue weighted by atomic mass is 79.9. The van der Waals surface area contributed by atoms with Gasteiger partial charge in [-0.2, -0.15) is 0 Å². The van der Waals surface area contributed by atoms with E-state index in [1.165, 1.54) is 6.07 Å². The van der Waals surface area contributed by atoms with E-state index in [0.29, 0.717) is 30.0 Å². The average molecular weight is 394 g/mol. The second kappa shape index (κ2) is 7.21. The standard InChI is InChI=1S/C18H17BrFNO3/c1-21(18(22)10-12-2-4-15(20)14(19)8-12)11-13-3-5-16-17(9-13)24-7-6-23-16/h2-5,8-9H,6-7,10-11H2,1H3. The van der Waals surface area contributed by atoms with Crippen LogP contribution < -0.4 is 9.47 Å². The van der Waals surface area contributed by atoms with Crippen molar-refractivity contribution in [3.05, 3.63) is 57.8 Å². The molecule has 126 valence electrons. The molecule has 0 saturated heterocycles. The van der Waals surface area contributed by atoms with Crippen LogP contribution in [0.1, 0.15) is 11.1 Å². The van der Waals surface area contributed by atoms with Crippen molar-refractivity contribution in [2.24, 2.45) is 0 Å². The second-order valence-electron chi connectivity index (χ2n) is 5.65. The summed E-state index contributed by atoms with van der Waals surface area (Å²) in [5, 5.41) is 0. The van der Waals surface area contributed by atoms with E-state index < -0.39 is 0 Å². The molecule has 0 atom stereocenters. The van der Waals surface area contributed by atoms with Gasteiger partial charge in [0.25, 0.3) is 0 Å². The first-order valence-corrected chi connectivity index (χ1v) is 8.38. The predicted molar refractivity (Wildman–Crippen MR) is 91.7 cm³/mol. The van der Waals surface area contributed by atoms with Crippen LogP contribution in [0.4, 0.5) is 4.39 Å². The van der Waals surface area contributed by atoms with Crippen molar-refractivity contribution in [2.45, 2.75) is 13.0 Å². The summed E-state index contributed by atoms with van der Waals surface area (Å²) in [5.74, 6) is 1.07. The van der Waals surface area contributed by atoms with Gasteiger partial charge in [0.2, 0.25) is 5.91 Å². The normalized spacial score (nSPS) is 12.8. The third-order valence-corrected chi connectivity index (χ3v) is 4.40. The fourth-order valence-electron chi connectivity index (χ4n) is 2.51. The molecule has 0 radical (unpaired) electrons. The van der Waals surface area contributed by atoms with E-state index in [2.05, 4.69) is 15.9 Å². The maximum Gasteiger partial charge on any atom is 0.227 e. The van der Waals surface area contributed by atoms with Gasteiger partial charge in [0.05, 0.1) is 10.9 Å². The number of rotatable bonds is 4. The Bertz CT molecular complexity index is 766. The summed E-state index contributed by atoms with van der Waals surface area (Å²) in [6.45, 7) is 1.56. The van der Waals surface area contributed by atoms with Crippen LogP contribution in [0.5, 0.6) is 11.5 Å². The van der Waals surface area contributed by atoms with Gasteiger partial charge in [-0.25, -0.2) is 4.39 Å². The van der Waals surface area contributed by atoms with Crippen LogP contribution in [0, 0.1) is 5.82 Å². The zero-order chi connectivity index (χ0) is 17.1. The molecule has 6 heteroatoms. The highest BCUT2D eigenvalue weighted by molar-refractivity contribution is 9.10. The number of likely N-dealkylation sites (N-methyl/N-ethyl adjacent to an activating group) is 1. The molecule has 2 aromatic rings. The number of benzene rings is 2. The van der Waals surface area contributed by atoms with Gasteiger partial charge in [-0.05, 0) is 51.3 Å². The van der Waals surface area contributed by atoms with Crippen LogP contribution in [-0.4, -0.2) is 31.1 Å². The first-order chi connectivity index (χ1) is 11.5. The van der Waals surface area contributed by atoms with Crippen LogP contribution in [0.15, 0.2) is 40.9 Å². The van der Waals surface area contributed by atoms with Crippen molar-refractivity contribution in [2.75, 3.05) is 20.3 Å². The van der Waals surface area contributed by atoms with Gasteiger partial charge in [0.1, 0.15) is 19.0 Å². The molecular formula is C18H17BrFNO3. The number of ether oxygens (including phenoxy) is 2. The molecule has 0 bridgehead atoms. The zero-order valence-electron chi connectivity index (χ0n) is 13.2. The largest absolute Gasteiger partial charge is 0.486 e. The Morgan fingerprint density at radius 1 is 1.12 bits per heavy atom. The lowest BCUT2D eigenvalue weighted by molar-refractivity contribution is -0.129. The number of carbonyl (C=O) groups excluding carboxylic acids is 1. The van der Waals surface area contributed by atoms with Gasteiger partial charge < -0.3 is 14.4 Å². The van der Waals surface area contributed by atoms with Crippen LogP contribution in [0.3, 0.4) is 0 Å². The molecule has 1 aliphatic heterocycles. The Hall–Kier alpha value is -2.08. The number of amides is 1. The minimum atomic E-state index is -0.337. The second-order valence-corrected chi connectivity index (χ2v) is 6.51. The molecule has 0 unspecified atom stereocenters. The first-order valence-electron chi connectivity index (χ1n) is 7.59. The van der Waals surface area contributed by atoms with Crippen molar-refractivity contribution in [1.82, 2.24) is 4.90 Å². The lowest BCUT2D eigenvalue weighted by Gasteiger charge is -2.21. The Morgan fingerprint density at radius 2 is 1.83 bits per heavy atom. The molecule has 0 fully saturated rings. The van der Waals surface area contributed by atoms with E-state index in [0.717, 1.165) is 16.9 Å². The van der Waals surface area contributed by atoms with Gasteiger partial charge in [-0.1, -0.05) is 12.1 Å². The summed E-state index contributed by atoms with van der Waals surface area (Å²) < 4.78 is 24.7. The molecule has 0 spiro atoms. The van der Waals surface area contributed by atoms with Crippen LogP contribution >= 0.6 is 15.9 Å². The van der Waals surface area contributed by atoms with Gasteiger partial charge >= 0.3 is 0 Å². The molecule has 1 heterocycles. The lowest BCUT2D eigenvalue weighted by atomic mass is 10.1. The van der Waals surface area contributed by atoms with Crippen molar-refractivity contribution in [3.8, 4) is 11.5 Å². The Morgan fingerprint density at radius 3 is 2.58 bits per heavy atom. The molecule has 1 aliphatic rings. The summed E-state index contributed by atoms with van der Waals surface area (Å²) in [6, 6.07) is 10.3. The molecule has 4 nitrogen and oxygen atoms in total. The molecular weight excluding hydrogens is 377 g/mol. The van der Waals surface area contributed by atoms with Crippen molar-refractivity contribution in [3.63, 3.8) is 0 Å². The van der Waals surface area contributed by atoms with E-state index in [9.17, 15) is 9.18 Å². The molecule has 1 amide bonds. The highest BCUT2D eigenvalue weighted by Crippen LogP contribution is 2.31. The minimum absolute atomic E-state index is 0.0385. The van der Waals surface area contributed by atoms with E-state index in [1.54, 1.807) is 24.1 Å². The lowest BCUT2D eigenvalue weighted by Crippen LogP contribution is -2.27. The zero-order valence-corrected chi connectivity index (χ0v) is 14.8. The molecule has 0 N–H and O–H groups in total. The molecule has 24 heavy (non-hydrogen) atoms. The number of fused-ring (bicyclic) bond motifs is 1. The van der Waals surface area contributed by atoms with Gasteiger partial charge in [-0.15, -0.1) is 0 Å². The molecule has 0 aromatic heterocycles. The average Bonchev–Trinajstić information content (AvgIpc) is 2.58. The number of nitrogens with zero attached hydrogens (tertiary/aromatic N) is 1. The quantitative estimate of drug-likeness (QED) is 0.796. The Balaban J connectivity index is 1.64. The maximum absolute atomic E-state index is 13.3. The molecule has 0 saturated carbocycles. The van der Waals surface area contributed by atoms with Crippen molar-refractivity contribution in [1.29, 1.82) is 0 Å². The van der Waals surface area contributed by atoms with Crippen LogP contribution in [0.25, 0.3) is 0 Å². The Labute approximate surface area is 148 Å². The number of carbonyl (C=O) groups is 1. The number of hydrogen-bond donors (Lipinski definition) is 0. The smallest absolute Gasteiger partial charge is 0.227 e. The molecule has 0 aliphatic carbocycles. The van der Waals surface area contributed by atoms with E-state index in [-0.39, 0.29) is 18.1 Å². The Kier molecular flexibility index (Phi) is 5.04. The fourth-order valence-corrected chi connectivity index (χ4v) is 2.93. The topological polar surface area (TPSA) is 38.8 Å². The minimum Gasteiger partial charge on any atom is -0.486 e. The van der Waals surface area contributed by atoms with Crippen molar-refractivity contribution >= 4 is 21.8 Å². The summed E-state index contributed by atoms with van der Waals surface area (Å²) in [6.07, 6.45) is 0.222. The van der Waals surface area contributed by atoms with Crippen LogP contribution in [0.2, 0.25) is 0 Å².